The molecule has 1 saturated heterocycles. The molecule has 2 aliphatic rings. The largest absolute Gasteiger partial charge is 0.494 e. The molecule has 9 nitrogen and oxygen atoms in total. The fraction of sp³-hybridized carbons (Fsp3) is 0.308. The molecule has 35 heavy (non-hydrogen) atoms. The highest BCUT2D eigenvalue weighted by atomic mass is 16.5. The van der Waals surface area contributed by atoms with Gasteiger partial charge < -0.3 is 20.3 Å². The number of piperidine rings is 1. The molecule has 180 valence electrons. The van der Waals surface area contributed by atoms with Gasteiger partial charge in [0.1, 0.15) is 11.4 Å². The molecule has 0 saturated carbocycles. The molecular weight excluding hydrogens is 446 g/mol. The van der Waals surface area contributed by atoms with Crippen LogP contribution in [0.2, 0.25) is 0 Å². The summed E-state index contributed by atoms with van der Waals surface area (Å²) in [6.07, 6.45) is 2.80. The lowest BCUT2D eigenvalue weighted by Crippen LogP contribution is -2.39. The van der Waals surface area contributed by atoms with Crippen LogP contribution in [0.15, 0.2) is 42.5 Å². The maximum absolute atomic E-state index is 13.9. The van der Waals surface area contributed by atoms with E-state index in [1.807, 2.05) is 43.3 Å². The van der Waals surface area contributed by atoms with Crippen LogP contribution < -0.4 is 20.3 Å². The number of carbonyl (C=O) groups is 3. The number of primary amides is 1. The third-order valence-corrected chi connectivity index (χ3v) is 6.68. The van der Waals surface area contributed by atoms with E-state index in [0.717, 1.165) is 24.1 Å². The Bertz CT molecular complexity index is 1350. The predicted octanol–water partition coefficient (Wildman–Crippen LogP) is 3.01. The van der Waals surface area contributed by atoms with Gasteiger partial charge >= 0.3 is 0 Å². The molecule has 0 aliphatic carbocycles. The summed E-state index contributed by atoms with van der Waals surface area (Å²) in [5.41, 5.74) is 9.55. The summed E-state index contributed by atoms with van der Waals surface area (Å²) in [6, 6.07) is 13.0. The Morgan fingerprint density at radius 3 is 2.51 bits per heavy atom. The lowest BCUT2D eigenvalue weighted by molar-refractivity contribution is -0.119. The van der Waals surface area contributed by atoms with Crippen molar-refractivity contribution in [3.8, 4) is 11.4 Å². The normalized spacial score (nSPS) is 15.8. The van der Waals surface area contributed by atoms with Crippen molar-refractivity contribution in [2.75, 3.05) is 30.0 Å². The number of hydrogen-bond acceptors (Lipinski definition) is 5. The van der Waals surface area contributed by atoms with E-state index in [0.29, 0.717) is 54.3 Å². The van der Waals surface area contributed by atoms with Crippen molar-refractivity contribution in [2.45, 2.75) is 32.6 Å². The Kier molecular flexibility index (Phi) is 5.76. The maximum Gasteiger partial charge on any atom is 0.277 e. The van der Waals surface area contributed by atoms with Crippen molar-refractivity contribution in [2.24, 2.45) is 5.73 Å². The number of para-hydroxylation sites is 1. The minimum atomic E-state index is -0.664. The van der Waals surface area contributed by atoms with E-state index in [1.165, 1.54) is 4.68 Å². The highest BCUT2D eigenvalue weighted by Gasteiger charge is 2.36. The molecule has 3 amide bonds. The van der Waals surface area contributed by atoms with E-state index in [2.05, 4.69) is 5.10 Å². The van der Waals surface area contributed by atoms with Gasteiger partial charge in [-0.2, -0.15) is 5.10 Å². The number of aryl methyl sites for hydroxylation is 1. The molecule has 2 aromatic carbocycles. The molecule has 0 spiro atoms. The second-order valence-corrected chi connectivity index (χ2v) is 8.80. The van der Waals surface area contributed by atoms with Crippen molar-refractivity contribution >= 4 is 29.1 Å². The minimum absolute atomic E-state index is 0.0888. The van der Waals surface area contributed by atoms with Crippen molar-refractivity contribution in [1.29, 1.82) is 0 Å². The lowest BCUT2D eigenvalue weighted by Gasteiger charge is -2.31. The van der Waals surface area contributed by atoms with Gasteiger partial charge in [0.2, 0.25) is 5.91 Å². The fourth-order valence-corrected chi connectivity index (χ4v) is 4.90. The number of nitrogens with two attached hydrogens (primary N) is 1. The second-order valence-electron chi connectivity index (χ2n) is 8.80. The molecule has 3 aromatic rings. The van der Waals surface area contributed by atoms with Gasteiger partial charge in [-0.1, -0.05) is 18.2 Å². The van der Waals surface area contributed by atoms with E-state index in [1.54, 1.807) is 23.0 Å². The third-order valence-electron chi connectivity index (χ3n) is 6.68. The standard InChI is InChI=1S/C26H27N5O4/c1-16-7-3-4-8-19(16)31-24-18(23(28-31)25(27)33)12-14-30(26(24)34)20-11-10-17(15-21(20)35-2)29-13-6-5-9-22(29)32/h3-4,7-8,10-11,15H,5-6,9,12-14H2,1-2H3,(H2,27,33). The number of ether oxygens (including phenoxy) is 1. The van der Waals surface area contributed by atoms with E-state index in [-0.39, 0.29) is 17.5 Å². The van der Waals surface area contributed by atoms with Crippen LogP contribution in [0.4, 0.5) is 11.4 Å². The monoisotopic (exact) mass is 473 g/mol. The molecule has 9 heteroatoms. The van der Waals surface area contributed by atoms with Crippen molar-refractivity contribution in [1.82, 2.24) is 9.78 Å². The van der Waals surface area contributed by atoms with Crippen molar-refractivity contribution in [3.05, 3.63) is 65.0 Å². The molecule has 0 radical (unpaired) electrons. The zero-order chi connectivity index (χ0) is 24.7. The molecule has 0 atom stereocenters. The van der Waals surface area contributed by atoms with Crippen LogP contribution in [0.25, 0.3) is 5.69 Å². The first-order valence-corrected chi connectivity index (χ1v) is 11.7. The van der Waals surface area contributed by atoms with E-state index >= 15 is 0 Å². The van der Waals surface area contributed by atoms with Crippen LogP contribution in [0.1, 0.15) is 51.4 Å². The summed E-state index contributed by atoms with van der Waals surface area (Å²) in [5.74, 6) is -0.377. The molecular formula is C26H27N5O4. The SMILES string of the molecule is COc1cc(N2CCCCC2=O)ccc1N1CCc2c(C(N)=O)nn(-c3ccccc3C)c2C1=O. The number of methoxy groups -OCH3 is 1. The van der Waals surface area contributed by atoms with Crippen LogP contribution in [0, 0.1) is 6.92 Å². The molecule has 2 aliphatic heterocycles. The number of carbonyl (C=O) groups excluding carboxylic acids is 3. The number of amides is 3. The van der Waals surface area contributed by atoms with E-state index in [9.17, 15) is 14.4 Å². The first kappa shape index (κ1) is 22.6. The number of benzene rings is 2. The molecule has 1 fully saturated rings. The van der Waals surface area contributed by atoms with Gasteiger partial charge in [0.25, 0.3) is 11.8 Å². The van der Waals surface area contributed by atoms with Gasteiger partial charge in [-0.3, -0.25) is 14.4 Å². The topological polar surface area (TPSA) is 111 Å². The summed E-state index contributed by atoms with van der Waals surface area (Å²) in [6.45, 7) is 2.92. The fourth-order valence-electron chi connectivity index (χ4n) is 4.90. The first-order chi connectivity index (χ1) is 16.9. The Morgan fingerprint density at radius 1 is 1.00 bits per heavy atom. The summed E-state index contributed by atoms with van der Waals surface area (Å²) >= 11 is 0. The van der Waals surface area contributed by atoms with Gasteiger partial charge in [-0.25, -0.2) is 4.68 Å². The molecule has 0 bridgehead atoms. The summed E-state index contributed by atoms with van der Waals surface area (Å²) < 4.78 is 7.17. The van der Waals surface area contributed by atoms with Gasteiger partial charge in [-0.15, -0.1) is 0 Å². The van der Waals surface area contributed by atoms with Gasteiger partial charge in [0.05, 0.1) is 18.5 Å². The average molecular weight is 474 g/mol. The van der Waals surface area contributed by atoms with Gasteiger partial charge in [0.15, 0.2) is 5.69 Å². The van der Waals surface area contributed by atoms with Crippen LogP contribution in [-0.2, 0) is 11.2 Å². The minimum Gasteiger partial charge on any atom is -0.494 e. The summed E-state index contributed by atoms with van der Waals surface area (Å²) in [4.78, 5) is 41.8. The van der Waals surface area contributed by atoms with E-state index < -0.39 is 5.91 Å². The quantitative estimate of drug-likeness (QED) is 0.612. The van der Waals surface area contributed by atoms with E-state index in [4.69, 9.17) is 10.5 Å². The zero-order valence-electron chi connectivity index (χ0n) is 19.8. The number of hydrogen-bond donors (Lipinski definition) is 1. The lowest BCUT2D eigenvalue weighted by atomic mass is 10.0. The predicted molar refractivity (Wildman–Crippen MR) is 131 cm³/mol. The average Bonchev–Trinajstić information content (AvgIpc) is 3.25. The number of aromatic nitrogens is 2. The molecule has 5 rings (SSSR count). The molecule has 2 N–H and O–H groups in total. The number of anilines is 2. The molecule has 3 heterocycles. The third kappa shape index (κ3) is 3.82. The van der Waals surface area contributed by atoms with Crippen LogP contribution in [0.5, 0.6) is 5.75 Å². The number of nitrogens with zero attached hydrogens (tertiary/aromatic N) is 4. The Hall–Kier alpha value is -4.14. The second kappa shape index (κ2) is 8.90. The van der Waals surface area contributed by atoms with Crippen molar-refractivity contribution in [3.63, 3.8) is 0 Å². The van der Waals surface area contributed by atoms with Crippen LogP contribution >= 0.6 is 0 Å². The summed E-state index contributed by atoms with van der Waals surface area (Å²) in [5, 5.41) is 4.45. The smallest absolute Gasteiger partial charge is 0.277 e. The maximum atomic E-state index is 13.9. The Balaban J connectivity index is 1.57. The first-order valence-electron chi connectivity index (χ1n) is 11.7. The Labute approximate surface area is 203 Å². The van der Waals surface area contributed by atoms with Gasteiger partial charge in [-0.05, 0) is 49.9 Å². The number of fused-ring (bicyclic) bond motifs is 1. The van der Waals surface area contributed by atoms with Crippen molar-refractivity contribution < 1.29 is 19.1 Å². The molecule has 0 unspecified atom stereocenters. The highest BCUT2D eigenvalue weighted by Crippen LogP contribution is 2.37. The molecule has 1 aromatic heterocycles. The van der Waals surface area contributed by atoms with Crippen LogP contribution in [-0.4, -0.2) is 47.7 Å². The highest BCUT2D eigenvalue weighted by molar-refractivity contribution is 6.10. The number of rotatable bonds is 5. The van der Waals surface area contributed by atoms with Gasteiger partial charge in [0, 0.05) is 36.8 Å². The Morgan fingerprint density at radius 2 is 1.80 bits per heavy atom. The summed E-state index contributed by atoms with van der Waals surface area (Å²) in [7, 11) is 1.54. The zero-order valence-corrected chi connectivity index (χ0v) is 19.8. The van der Waals surface area contributed by atoms with Crippen LogP contribution in [0.3, 0.4) is 0 Å².